The molecule has 0 spiro atoms. The van der Waals surface area contributed by atoms with Gasteiger partial charge in [0.05, 0.1) is 0 Å². The summed E-state index contributed by atoms with van der Waals surface area (Å²) in [6.07, 6.45) is 0. The molecular formula is C12H11BrN2O4. The van der Waals surface area contributed by atoms with Crippen LogP contribution in [0.25, 0.3) is 0 Å². The lowest BCUT2D eigenvalue weighted by Gasteiger charge is -1.93. The van der Waals surface area contributed by atoms with E-state index >= 15 is 0 Å². The van der Waals surface area contributed by atoms with Crippen molar-refractivity contribution >= 4 is 33.5 Å². The van der Waals surface area contributed by atoms with Crippen LogP contribution in [-0.2, 0) is 0 Å². The first-order chi connectivity index (χ1) is 8.90. The molecule has 0 aliphatic heterocycles. The minimum absolute atomic E-state index is 0.0538. The minimum Gasteiger partial charge on any atom is -0.475 e. The Morgan fingerprint density at radius 3 is 2.00 bits per heavy atom. The Morgan fingerprint density at radius 2 is 1.68 bits per heavy atom. The summed E-state index contributed by atoms with van der Waals surface area (Å²) in [7, 11) is 0. The first kappa shape index (κ1) is 14.8. The van der Waals surface area contributed by atoms with E-state index in [9.17, 15) is 9.59 Å². The van der Waals surface area contributed by atoms with Gasteiger partial charge in [-0.1, -0.05) is 0 Å². The largest absolute Gasteiger partial charge is 0.475 e. The van der Waals surface area contributed by atoms with E-state index in [0.717, 1.165) is 0 Å². The summed E-state index contributed by atoms with van der Waals surface area (Å²) in [5, 5.41) is 8.28. The van der Waals surface area contributed by atoms with Gasteiger partial charge in [-0.3, -0.25) is 4.79 Å². The minimum atomic E-state index is -1.05. The Labute approximate surface area is 117 Å². The molecule has 2 rings (SSSR count). The standard InChI is InChI=1S/C7H8N2O.C5H3BrO3/c8-6-3-1-5(2-4-6)7(9)10;6-4-2-1-3(9-4)5(7)8/h1-4H,8H2,(H2,9,10);1-2H,(H,7,8). The quantitative estimate of drug-likeness (QED) is 0.730. The van der Waals surface area contributed by atoms with Crippen LogP contribution >= 0.6 is 15.9 Å². The van der Waals surface area contributed by atoms with Crippen molar-refractivity contribution < 1.29 is 19.1 Å². The summed E-state index contributed by atoms with van der Waals surface area (Å²) >= 11 is 2.97. The fraction of sp³-hybridized carbons (Fsp3) is 0. The Hall–Kier alpha value is -2.28. The number of primary amides is 1. The number of benzene rings is 1. The molecule has 1 aromatic heterocycles. The van der Waals surface area contributed by atoms with Gasteiger partial charge < -0.3 is 21.0 Å². The average molecular weight is 327 g/mol. The van der Waals surface area contributed by atoms with Crippen molar-refractivity contribution in [3.05, 3.63) is 52.4 Å². The Morgan fingerprint density at radius 1 is 1.11 bits per heavy atom. The number of hydrogen-bond donors (Lipinski definition) is 3. The molecule has 0 saturated heterocycles. The predicted octanol–water partition coefficient (Wildman–Crippen LogP) is 2.11. The van der Waals surface area contributed by atoms with Gasteiger partial charge in [0.15, 0.2) is 4.67 Å². The molecule has 7 heteroatoms. The Kier molecular flexibility index (Phi) is 5.13. The monoisotopic (exact) mass is 326 g/mol. The highest BCUT2D eigenvalue weighted by Crippen LogP contribution is 2.13. The topological polar surface area (TPSA) is 120 Å². The number of carboxylic acid groups (broad SMARTS) is 1. The number of carboxylic acids is 1. The molecule has 0 radical (unpaired) electrons. The van der Waals surface area contributed by atoms with E-state index in [1.54, 1.807) is 24.3 Å². The number of amides is 1. The third kappa shape index (κ3) is 4.84. The molecule has 1 amide bonds. The van der Waals surface area contributed by atoms with Gasteiger partial charge in [0.2, 0.25) is 11.7 Å². The number of hydrogen-bond acceptors (Lipinski definition) is 4. The maximum Gasteiger partial charge on any atom is 0.371 e. The number of furan rings is 1. The number of nitrogens with two attached hydrogens (primary N) is 2. The molecule has 0 saturated carbocycles. The van der Waals surface area contributed by atoms with E-state index < -0.39 is 11.9 Å². The second-order valence-corrected chi connectivity index (χ2v) is 4.18. The number of carbonyl (C=O) groups excluding carboxylic acids is 1. The summed E-state index contributed by atoms with van der Waals surface area (Å²) in [6.45, 7) is 0. The molecular weight excluding hydrogens is 316 g/mol. The van der Waals surface area contributed by atoms with Crippen LogP contribution in [0.15, 0.2) is 45.5 Å². The molecule has 5 N–H and O–H groups in total. The molecule has 100 valence electrons. The molecule has 0 aliphatic carbocycles. The first-order valence-electron chi connectivity index (χ1n) is 5.04. The van der Waals surface area contributed by atoms with Gasteiger partial charge in [-0.25, -0.2) is 4.79 Å². The average Bonchev–Trinajstić information content (AvgIpc) is 2.77. The van der Waals surface area contributed by atoms with Crippen LogP contribution in [-0.4, -0.2) is 17.0 Å². The van der Waals surface area contributed by atoms with E-state index in [-0.39, 0.29) is 5.76 Å². The first-order valence-corrected chi connectivity index (χ1v) is 5.83. The zero-order valence-corrected chi connectivity index (χ0v) is 11.3. The molecule has 0 atom stereocenters. The lowest BCUT2D eigenvalue weighted by atomic mass is 10.2. The van der Waals surface area contributed by atoms with Gasteiger partial charge in [-0.2, -0.15) is 0 Å². The van der Waals surface area contributed by atoms with Crippen molar-refractivity contribution in [2.45, 2.75) is 0 Å². The number of halogens is 1. The summed E-state index contributed by atoms with van der Waals surface area (Å²) in [6, 6.07) is 9.38. The zero-order valence-electron chi connectivity index (χ0n) is 9.67. The van der Waals surface area contributed by atoms with E-state index in [1.807, 2.05) is 0 Å². The van der Waals surface area contributed by atoms with Crippen molar-refractivity contribution in [3.8, 4) is 0 Å². The van der Waals surface area contributed by atoms with E-state index in [4.69, 9.17) is 16.6 Å². The summed E-state index contributed by atoms with van der Waals surface area (Å²) in [4.78, 5) is 20.6. The molecule has 0 fully saturated rings. The molecule has 1 heterocycles. The van der Waals surface area contributed by atoms with E-state index in [0.29, 0.717) is 15.9 Å². The van der Waals surface area contributed by atoms with Crippen molar-refractivity contribution in [2.75, 3.05) is 5.73 Å². The molecule has 6 nitrogen and oxygen atoms in total. The highest BCUT2D eigenvalue weighted by molar-refractivity contribution is 9.10. The highest BCUT2D eigenvalue weighted by Gasteiger charge is 2.05. The van der Waals surface area contributed by atoms with Crippen molar-refractivity contribution in [1.82, 2.24) is 0 Å². The Bertz CT molecular complexity index is 578. The maximum atomic E-state index is 10.5. The van der Waals surface area contributed by atoms with Crippen molar-refractivity contribution in [1.29, 1.82) is 0 Å². The van der Waals surface area contributed by atoms with Crippen LogP contribution in [0.4, 0.5) is 5.69 Å². The molecule has 0 unspecified atom stereocenters. The van der Waals surface area contributed by atoms with Crippen LogP contribution < -0.4 is 11.5 Å². The number of carbonyl (C=O) groups is 2. The van der Waals surface area contributed by atoms with Crippen LogP contribution in [0.1, 0.15) is 20.9 Å². The van der Waals surface area contributed by atoms with Gasteiger partial charge >= 0.3 is 5.97 Å². The lowest BCUT2D eigenvalue weighted by Crippen LogP contribution is -2.10. The second kappa shape index (κ2) is 6.60. The van der Waals surface area contributed by atoms with Crippen molar-refractivity contribution in [3.63, 3.8) is 0 Å². The van der Waals surface area contributed by atoms with E-state index in [1.165, 1.54) is 12.1 Å². The van der Waals surface area contributed by atoms with Crippen molar-refractivity contribution in [2.24, 2.45) is 5.73 Å². The van der Waals surface area contributed by atoms with Gasteiger partial charge in [0, 0.05) is 11.3 Å². The molecule has 19 heavy (non-hydrogen) atoms. The number of nitrogen functional groups attached to an aromatic ring is 1. The summed E-state index contributed by atoms with van der Waals surface area (Å²) in [5.74, 6) is -1.54. The smallest absolute Gasteiger partial charge is 0.371 e. The zero-order chi connectivity index (χ0) is 14.4. The van der Waals surface area contributed by atoms with E-state index in [2.05, 4.69) is 20.3 Å². The van der Waals surface area contributed by atoms with Crippen LogP contribution in [0, 0.1) is 0 Å². The lowest BCUT2D eigenvalue weighted by molar-refractivity contribution is 0.0660. The SMILES string of the molecule is NC(=O)c1ccc(N)cc1.O=C(O)c1ccc(Br)o1. The number of anilines is 1. The molecule has 0 bridgehead atoms. The third-order valence-corrected chi connectivity index (χ3v) is 2.41. The third-order valence-electron chi connectivity index (χ3n) is 1.98. The molecule has 0 aliphatic rings. The normalized spacial score (nSPS) is 9.32. The van der Waals surface area contributed by atoms with Gasteiger partial charge in [-0.05, 0) is 52.3 Å². The van der Waals surface area contributed by atoms with Crippen LogP contribution in [0.2, 0.25) is 0 Å². The fourth-order valence-corrected chi connectivity index (χ4v) is 1.38. The second-order valence-electron chi connectivity index (χ2n) is 3.40. The van der Waals surface area contributed by atoms with Gasteiger partial charge in [0.1, 0.15) is 0 Å². The molecule has 1 aromatic carbocycles. The maximum absolute atomic E-state index is 10.5. The highest BCUT2D eigenvalue weighted by atomic mass is 79.9. The fourth-order valence-electron chi connectivity index (χ4n) is 1.08. The van der Waals surface area contributed by atoms with Crippen LogP contribution in [0.3, 0.4) is 0 Å². The molecule has 2 aromatic rings. The van der Waals surface area contributed by atoms with Crippen LogP contribution in [0.5, 0.6) is 0 Å². The Balaban J connectivity index is 0.000000191. The summed E-state index contributed by atoms with van der Waals surface area (Å²) in [5.41, 5.74) is 11.5. The number of aromatic carboxylic acids is 1. The van der Waals surface area contributed by atoms with Gasteiger partial charge in [-0.15, -0.1) is 0 Å². The van der Waals surface area contributed by atoms with Gasteiger partial charge in [0.25, 0.3) is 0 Å². The predicted molar refractivity (Wildman–Crippen MR) is 72.7 cm³/mol. The number of rotatable bonds is 2. The summed E-state index contributed by atoms with van der Waals surface area (Å²) < 4.78 is 5.09.